The molecule has 1 amide bonds. The third kappa shape index (κ3) is 8.86. The van der Waals surface area contributed by atoms with Gasteiger partial charge in [-0.25, -0.2) is 4.99 Å². The Balaban J connectivity index is 0.00000341. The number of carbonyl (C=O) groups is 1. The summed E-state index contributed by atoms with van der Waals surface area (Å²) in [6.07, 6.45) is 0.858. The number of amides is 1. The maximum absolute atomic E-state index is 11.8. The highest BCUT2D eigenvalue weighted by Crippen LogP contribution is 2.32. The van der Waals surface area contributed by atoms with Gasteiger partial charge in [-0.15, -0.1) is 35.7 Å². The molecule has 168 valence electrons. The van der Waals surface area contributed by atoms with Gasteiger partial charge in [0.15, 0.2) is 17.5 Å². The van der Waals surface area contributed by atoms with Crippen LogP contribution in [0.3, 0.4) is 0 Å². The van der Waals surface area contributed by atoms with E-state index in [0.717, 1.165) is 23.6 Å². The first kappa shape index (κ1) is 25.1. The van der Waals surface area contributed by atoms with Crippen LogP contribution in [-0.4, -0.2) is 50.5 Å². The molecule has 0 radical (unpaired) electrons. The van der Waals surface area contributed by atoms with E-state index in [1.807, 2.05) is 43.3 Å². The summed E-state index contributed by atoms with van der Waals surface area (Å²) in [6, 6.07) is 15.9. The minimum absolute atomic E-state index is 0. The van der Waals surface area contributed by atoms with Gasteiger partial charge in [0.2, 0.25) is 5.91 Å². The lowest BCUT2D eigenvalue weighted by Gasteiger charge is -2.14. The molecule has 0 atom stereocenters. The Morgan fingerprint density at radius 2 is 1.84 bits per heavy atom. The van der Waals surface area contributed by atoms with Gasteiger partial charge in [-0.1, -0.05) is 18.2 Å². The Bertz CT molecular complexity index is 852. The highest BCUT2D eigenvalue weighted by atomic mass is 127. The number of anilines is 1. The number of guanidine groups is 1. The zero-order valence-electron chi connectivity index (χ0n) is 17.6. The Kier molecular flexibility index (Phi) is 11.4. The molecule has 9 heteroatoms. The zero-order valence-corrected chi connectivity index (χ0v) is 20.7. The van der Waals surface area contributed by atoms with Crippen molar-refractivity contribution in [3.05, 3.63) is 48.5 Å². The smallest absolute Gasteiger partial charge is 0.241 e. The fourth-order valence-corrected chi connectivity index (χ4v) is 3.57. The molecule has 1 aliphatic heterocycles. The quantitative estimate of drug-likeness (QED) is 0.151. The van der Waals surface area contributed by atoms with Gasteiger partial charge in [-0.3, -0.25) is 4.79 Å². The van der Waals surface area contributed by atoms with Gasteiger partial charge in [0, 0.05) is 41.9 Å². The number of nitrogens with zero attached hydrogens (tertiary/aromatic N) is 1. The molecule has 0 spiro atoms. The van der Waals surface area contributed by atoms with Crippen molar-refractivity contribution in [2.45, 2.75) is 18.2 Å². The topological polar surface area (TPSA) is 84.0 Å². The predicted molar refractivity (Wildman–Crippen MR) is 137 cm³/mol. The molecule has 2 aromatic carbocycles. The SMILES string of the molecule is CCNC(=O)CN=C(NCCSc1ccccc1)Nc1ccc2c(c1)OCCCO2.I. The van der Waals surface area contributed by atoms with Crippen LogP contribution in [0.2, 0.25) is 0 Å². The van der Waals surface area contributed by atoms with Crippen LogP contribution in [0, 0.1) is 0 Å². The van der Waals surface area contributed by atoms with Gasteiger partial charge in [0.1, 0.15) is 6.54 Å². The Labute approximate surface area is 204 Å². The molecular formula is C22H29IN4O3S. The number of carbonyl (C=O) groups excluding carboxylic acids is 1. The lowest BCUT2D eigenvalue weighted by Crippen LogP contribution is -2.34. The molecule has 0 saturated carbocycles. The molecule has 3 rings (SSSR count). The second-order valence-corrected chi connectivity index (χ2v) is 7.71. The minimum Gasteiger partial charge on any atom is -0.490 e. The normalized spacial score (nSPS) is 12.9. The fraction of sp³-hybridized carbons (Fsp3) is 0.364. The standard InChI is InChI=1S/C22H28N4O3S.HI/c1-2-23-21(27)16-25-22(24-11-14-30-18-7-4-3-5-8-18)26-17-9-10-19-20(15-17)29-13-6-12-28-19;/h3-5,7-10,15H,2,6,11-14,16H2,1H3,(H,23,27)(H2,24,25,26);1H. The molecule has 0 fully saturated rings. The molecule has 2 aromatic rings. The monoisotopic (exact) mass is 556 g/mol. The van der Waals surface area contributed by atoms with E-state index in [0.29, 0.717) is 38.0 Å². The summed E-state index contributed by atoms with van der Waals surface area (Å²) in [5.41, 5.74) is 0.817. The van der Waals surface area contributed by atoms with Crippen LogP contribution in [0.1, 0.15) is 13.3 Å². The average Bonchev–Trinajstić information content (AvgIpc) is 3.01. The van der Waals surface area contributed by atoms with Crippen LogP contribution in [0.5, 0.6) is 11.5 Å². The molecule has 3 N–H and O–H groups in total. The number of hydrogen-bond donors (Lipinski definition) is 3. The average molecular weight is 556 g/mol. The molecule has 1 heterocycles. The molecule has 0 aromatic heterocycles. The molecular weight excluding hydrogens is 527 g/mol. The lowest BCUT2D eigenvalue weighted by molar-refractivity contribution is -0.119. The van der Waals surface area contributed by atoms with E-state index in [1.54, 1.807) is 11.8 Å². The zero-order chi connectivity index (χ0) is 21.0. The van der Waals surface area contributed by atoms with Gasteiger partial charge < -0.3 is 25.4 Å². The van der Waals surface area contributed by atoms with Crippen LogP contribution in [0.15, 0.2) is 58.4 Å². The lowest BCUT2D eigenvalue weighted by atomic mass is 10.3. The van der Waals surface area contributed by atoms with Gasteiger partial charge in [-0.05, 0) is 31.2 Å². The Hall–Kier alpha value is -2.14. The molecule has 1 aliphatic rings. The van der Waals surface area contributed by atoms with Crippen molar-refractivity contribution in [2.24, 2.45) is 4.99 Å². The highest BCUT2D eigenvalue weighted by molar-refractivity contribution is 14.0. The maximum atomic E-state index is 11.8. The van der Waals surface area contributed by atoms with Crippen LogP contribution < -0.4 is 25.4 Å². The van der Waals surface area contributed by atoms with Crippen molar-refractivity contribution in [3.8, 4) is 11.5 Å². The number of likely N-dealkylation sites (N-methyl/N-ethyl adjacent to an activating group) is 1. The Morgan fingerprint density at radius 1 is 1.06 bits per heavy atom. The van der Waals surface area contributed by atoms with Gasteiger partial charge in [0.25, 0.3) is 0 Å². The first-order valence-corrected chi connectivity index (χ1v) is 11.1. The summed E-state index contributed by atoms with van der Waals surface area (Å²) in [4.78, 5) is 17.5. The van der Waals surface area contributed by atoms with E-state index in [-0.39, 0.29) is 36.4 Å². The number of nitrogens with one attached hydrogen (secondary N) is 3. The Morgan fingerprint density at radius 3 is 2.61 bits per heavy atom. The van der Waals surface area contributed by atoms with E-state index in [9.17, 15) is 4.79 Å². The largest absolute Gasteiger partial charge is 0.490 e. The van der Waals surface area contributed by atoms with Gasteiger partial charge >= 0.3 is 0 Å². The van der Waals surface area contributed by atoms with Crippen molar-refractivity contribution in [1.82, 2.24) is 10.6 Å². The van der Waals surface area contributed by atoms with Gasteiger partial charge in [0.05, 0.1) is 13.2 Å². The maximum Gasteiger partial charge on any atom is 0.241 e. The van der Waals surface area contributed by atoms with Gasteiger partial charge in [-0.2, -0.15) is 0 Å². The van der Waals surface area contributed by atoms with Crippen LogP contribution in [0.25, 0.3) is 0 Å². The van der Waals surface area contributed by atoms with E-state index >= 15 is 0 Å². The summed E-state index contributed by atoms with van der Waals surface area (Å²) < 4.78 is 11.4. The number of aliphatic imine (C=N–C) groups is 1. The molecule has 0 saturated heterocycles. The summed E-state index contributed by atoms with van der Waals surface area (Å²) in [6.45, 7) is 4.51. The number of thioether (sulfide) groups is 1. The molecule has 0 aliphatic carbocycles. The summed E-state index contributed by atoms with van der Waals surface area (Å²) in [5, 5.41) is 9.31. The van der Waals surface area contributed by atoms with Crippen LogP contribution in [0.4, 0.5) is 5.69 Å². The number of ether oxygens (including phenoxy) is 2. The van der Waals surface area contributed by atoms with Crippen molar-refractivity contribution in [3.63, 3.8) is 0 Å². The third-order valence-corrected chi connectivity index (χ3v) is 5.19. The third-order valence-electron chi connectivity index (χ3n) is 4.17. The molecule has 0 bridgehead atoms. The number of hydrogen-bond acceptors (Lipinski definition) is 5. The van der Waals surface area contributed by atoms with E-state index in [1.165, 1.54) is 4.90 Å². The first-order chi connectivity index (χ1) is 14.7. The number of rotatable bonds is 8. The van der Waals surface area contributed by atoms with Crippen molar-refractivity contribution < 1.29 is 14.3 Å². The molecule has 0 unspecified atom stereocenters. The predicted octanol–water partition coefficient (Wildman–Crippen LogP) is 3.75. The second-order valence-electron chi connectivity index (χ2n) is 6.54. The number of fused-ring (bicyclic) bond motifs is 1. The van der Waals surface area contributed by atoms with Crippen LogP contribution in [-0.2, 0) is 4.79 Å². The van der Waals surface area contributed by atoms with E-state index in [4.69, 9.17) is 9.47 Å². The van der Waals surface area contributed by atoms with Crippen molar-refractivity contribution in [1.29, 1.82) is 0 Å². The van der Waals surface area contributed by atoms with Crippen molar-refractivity contribution >= 4 is 53.3 Å². The number of benzene rings is 2. The fourth-order valence-electron chi connectivity index (χ4n) is 2.78. The molecule has 31 heavy (non-hydrogen) atoms. The second kappa shape index (κ2) is 14.0. The summed E-state index contributed by atoms with van der Waals surface area (Å²) in [5.74, 6) is 2.75. The highest BCUT2D eigenvalue weighted by Gasteiger charge is 2.11. The number of halogens is 1. The summed E-state index contributed by atoms with van der Waals surface area (Å²) >= 11 is 1.76. The molecule has 7 nitrogen and oxygen atoms in total. The van der Waals surface area contributed by atoms with Crippen LogP contribution >= 0.6 is 35.7 Å². The first-order valence-electron chi connectivity index (χ1n) is 10.1. The van der Waals surface area contributed by atoms with Crippen molar-refractivity contribution in [2.75, 3.05) is 43.9 Å². The minimum atomic E-state index is -0.115. The van der Waals surface area contributed by atoms with E-state index < -0.39 is 0 Å². The summed E-state index contributed by atoms with van der Waals surface area (Å²) in [7, 11) is 0. The van der Waals surface area contributed by atoms with E-state index in [2.05, 4.69) is 33.1 Å².